The van der Waals surface area contributed by atoms with E-state index in [2.05, 4.69) is 9.88 Å². The van der Waals surface area contributed by atoms with Gasteiger partial charge in [0.2, 0.25) is 16.0 Å². The summed E-state index contributed by atoms with van der Waals surface area (Å²) in [5.41, 5.74) is 1.43. The number of hydrogen-bond acceptors (Lipinski definition) is 5. The minimum Gasteiger partial charge on any atom is -0.338 e. The van der Waals surface area contributed by atoms with Gasteiger partial charge in [0.25, 0.3) is 5.91 Å². The quantitative estimate of drug-likeness (QED) is 0.538. The van der Waals surface area contributed by atoms with Crippen LogP contribution in [0, 0.1) is 0 Å². The standard InChI is InChI=1S/C24H26ClN5O3S/c25-20-4-3-5-21(18-20)30-13-10-26-24(30)28-16-14-27(15-17-28)23(31)19-6-8-22(9-7-19)34(32,33)29-11-1-2-12-29/h3-10,13,18H,1-2,11-12,14-17H2. The number of hydrogen-bond donors (Lipinski definition) is 0. The topological polar surface area (TPSA) is 78.8 Å². The predicted molar refractivity (Wildman–Crippen MR) is 131 cm³/mol. The van der Waals surface area contributed by atoms with Crippen LogP contribution < -0.4 is 4.90 Å². The number of amides is 1. The summed E-state index contributed by atoms with van der Waals surface area (Å²) in [6.07, 6.45) is 5.43. The van der Waals surface area contributed by atoms with E-state index < -0.39 is 10.0 Å². The summed E-state index contributed by atoms with van der Waals surface area (Å²) in [6.45, 7) is 3.51. The maximum atomic E-state index is 13.0. The van der Waals surface area contributed by atoms with Gasteiger partial charge in [-0.3, -0.25) is 9.36 Å². The Kier molecular flexibility index (Phi) is 6.33. The Labute approximate surface area is 204 Å². The van der Waals surface area contributed by atoms with E-state index in [1.165, 1.54) is 4.31 Å². The van der Waals surface area contributed by atoms with Crippen molar-refractivity contribution in [3.05, 3.63) is 71.5 Å². The molecule has 178 valence electrons. The largest absolute Gasteiger partial charge is 0.338 e. The van der Waals surface area contributed by atoms with Crippen molar-refractivity contribution in [2.75, 3.05) is 44.2 Å². The van der Waals surface area contributed by atoms with Crippen molar-refractivity contribution in [1.82, 2.24) is 18.8 Å². The third-order valence-electron chi connectivity index (χ3n) is 6.36. The first-order valence-electron chi connectivity index (χ1n) is 11.4. The van der Waals surface area contributed by atoms with Gasteiger partial charge in [0.15, 0.2) is 0 Å². The molecule has 0 spiro atoms. The average molecular weight is 500 g/mol. The van der Waals surface area contributed by atoms with Gasteiger partial charge in [-0.25, -0.2) is 13.4 Å². The Bertz CT molecular complexity index is 1280. The first-order valence-corrected chi connectivity index (χ1v) is 13.2. The number of benzene rings is 2. The molecule has 10 heteroatoms. The number of sulfonamides is 1. The van der Waals surface area contributed by atoms with Gasteiger partial charge in [-0.1, -0.05) is 17.7 Å². The zero-order valence-electron chi connectivity index (χ0n) is 18.7. The number of aromatic nitrogens is 2. The highest BCUT2D eigenvalue weighted by molar-refractivity contribution is 7.89. The highest BCUT2D eigenvalue weighted by atomic mass is 35.5. The summed E-state index contributed by atoms with van der Waals surface area (Å²) >= 11 is 6.15. The van der Waals surface area contributed by atoms with Crippen LogP contribution in [0.25, 0.3) is 5.69 Å². The van der Waals surface area contributed by atoms with Crippen LogP contribution in [0.1, 0.15) is 23.2 Å². The monoisotopic (exact) mass is 499 g/mol. The molecule has 1 amide bonds. The Morgan fingerprint density at radius 2 is 1.62 bits per heavy atom. The smallest absolute Gasteiger partial charge is 0.253 e. The fraction of sp³-hybridized carbons (Fsp3) is 0.333. The van der Waals surface area contributed by atoms with Crippen LogP contribution in [-0.2, 0) is 10.0 Å². The molecule has 2 fully saturated rings. The molecule has 0 aliphatic carbocycles. The van der Waals surface area contributed by atoms with Crippen LogP contribution in [0.2, 0.25) is 5.02 Å². The molecule has 2 aliphatic rings. The van der Waals surface area contributed by atoms with Crippen molar-refractivity contribution in [2.24, 2.45) is 0 Å². The zero-order valence-corrected chi connectivity index (χ0v) is 20.2. The van der Waals surface area contributed by atoms with Gasteiger partial charge < -0.3 is 9.80 Å². The first-order chi connectivity index (χ1) is 16.4. The lowest BCUT2D eigenvalue weighted by Crippen LogP contribution is -2.49. The number of anilines is 1. The highest BCUT2D eigenvalue weighted by Gasteiger charge is 2.28. The molecule has 2 saturated heterocycles. The summed E-state index contributed by atoms with van der Waals surface area (Å²) in [7, 11) is -3.48. The molecule has 1 aromatic heterocycles. The molecule has 2 aliphatic heterocycles. The molecule has 0 saturated carbocycles. The summed E-state index contributed by atoms with van der Waals surface area (Å²) in [4.78, 5) is 21.8. The second-order valence-electron chi connectivity index (χ2n) is 8.49. The van der Waals surface area contributed by atoms with Gasteiger partial charge in [-0.05, 0) is 55.3 Å². The fourth-order valence-corrected chi connectivity index (χ4v) is 6.20. The van der Waals surface area contributed by atoms with E-state index in [-0.39, 0.29) is 10.8 Å². The molecule has 3 heterocycles. The Hall–Kier alpha value is -2.88. The number of carbonyl (C=O) groups is 1. The van der Waals surface area contributed by atoms with Crippen LogP contribution in [0.3, 0.4) is 0 Å². The maximum Gasteiger partial charge on any atom is 0.253 e. The normalized spacial score (nSPS) is 17.3. The Morgan fingerprint density at radius 1 is 0.912 bits per heavy atom. The van der Waals surface area contributed by atoms with Crippen molar-refractivity contribution in [3.63, 3.8) is 0 Å². The summed E-state index contributed by atoms with van der Waals surface area (Å²) < 4.78 is 28.9. The third-order valence-corrected chi connectivity index (χ3v) is 8.51. The molecule has 0 bridgehead atoms. The Balaban J connectivity index is 1.24. The van der Waals surface area contributed by atoms with Crippen LogP contribution in [-0.4, -0.2) is 72.3 Å². The predicted octanol–water partition coefficient (Wildman–Crippen LogP) is 3.27. The van der Waals surface area contributed by atoms with Crippen LogP contribution in [0.5, 0.6) is 0 Å². The molecule has 3 aromatic rings. The van der Waals surface area contributed by atoms with Gasteiger partial charge in [0, 0.05) is 67.9 Å². The lowest BCUT2D eigenvalue weighted by Gasteiger charge is -2.35. The lowest BCUT2D eigenvalue weighted by atomic mass is 10.2. The molecule has 34 heavy (non-hydrogen) atoms. The van der Waals surface area contributed by atoms with Crippen LogP contribution in [0.4, 0.5) is 5.95 Å². The first kappa shape index (κ1) is 22.9. The SMILES string of the molecule is O=C(c1ccc(S(=O)(=O)N2CCCC2)cc1)N1CCN(c2nccn2-c2cccc(Cl)c2)CC1. The molecule has 0 atom stereocenters. The van der Waals surface area contributed by atoms with Crippen molar-refractivity contribution < 1.29 is 13.2 Å². The van der Waals surface area contributed by atoms with Gasteiger partial charge in [0.1, 0.15) is 0 Å². The number of halogens is 1. The van der Waals surface area contributed by atoms with Crippen molar-refractivity contribution in [2.45, 2.75) is 17.7 Å². The van der Waals surface area contributed by atoms with Gasteiger partial charge in [-0.15, -0.1) is 0 Å². The molecular formula is C24H26ClN5O3S. The van der Waals surface area contributed by atoms with Crippen molar-refractivity contribution >= 4 is 33.5 Å². The van der Waals surface area contributed by atoms with E-state index in [1.54, 1.807) is 35.4 Å². The molecule has 0 unspecified atom stereocenters. The van der Waals surface area contributed by atoms with E-state index in [0.717, 1.165) is 24.5 Å². The van der Waals surface area contributed by atoms with Gasteiger partial charge in [-0.2, -0.15) is 4.31 Å². The average Bonchev–Trinajstić information content (AvgIpc) is 3.57. The third kappa shape index (κ3) is 4.43. The molecular weight excluding hydrogens is 474 g/mol. The summed E-state index contributed by atoms with van der Waals surface area (Å²) in [5, 5.41) is 0.659. The zero-order chi connectivity index (χ0) is 23.7. The molecule has 0 N–H and O–H groups in total. The maximum absolute atomic E-state index is 13.0. The number of piperazine rings is 1. The van der Waals surface area contributed by atoms with Gasteiger partial charge >= 0.3 is 0 Å². The number of carbonyl (C=O) groups excluding carboxylic acids is 1. The van der Waals surface area contributed by atoms with E-state index in [1.807, 2.05) is 35.0 Å². The number of rotatable bonds is 5. The molecule has 8 nitrogen and oxygen atoms in total. The second kappa shape index (κ2) is 9.40. The number of nitrogens with zero attached hydrogens (tertiary/aromatic N) is 5. The minimum atomic E-state index is -3.48. The van der Waals surface area contributed by atoms with Gasteiger partial charge in [0.05, 0.1) is 4.90 Å². The molecule has 5 rings (SSSR count). The second-order valence-corrected chi connectivity index (χ2v) is 10.9. The summed E-state index contributed by atoms with van der Waals surface area (Å²) in [5.74, 6) is 0.716. The molecule has 2 aromatic carbocycles. The fourth-order valence-electron chi connectivity index (χ4n) is 4.50. The summed E-state index contributed by atoms with van der Waals surface area (Å²) in [6, 6.07) is 13.9. The van der Waals surface area contributed by atoms with E-state index in [4.69, 9.17) is 11.6 Å². The van der Waals surface area contributed by atoms with E-state index >= 15 is 0 Å². The van der Waals surface area contributed by atoms with E-state index in [9.17, 15) is 13.2 Å². The van der Waals surface area contributed by atoms with Crippen LogP contribution in [0.15, 0.2) is 65.8 Å². The van der Waals surface area contributed by atoms with E-state index in [0.29, 0.717) is 49.9 Å². The van der Waals surface area contributed by atoms with Crippen LogP contribution >= 0.6 is 11.6 Å². The lowest BCUT2D eigenvalue weighted by molar-refractivity contribution is 0.0746. The minimum absolute atomic E-state index is 0.0945. The number of imidazole rings is 1. The molecule has 0 radical (unpaired) electrons. The Morgan fingerprint density at radius 3 is 2.29 bits per heavy atom. The van der Waals surface area contributed by atoms with Crippen molar-refractivity contribution in [1.29, 1.82) is 0 Å². The van der Waals surface area contributed by atoms with Crippen molar-refractivity contribution in [3.8, 4) is 5.69 Å². The highest BCUT2D eigenvalue weighted by Crippen LogP contribution is 2.24.